The van der Waals surface area contributed by atoms with Crippen LogP contribution in [-0.2, 0) is 26.2 Å². The predicted molar refractivity (Wildman–Crippen MR) is 93.0 cm³/mol. The minimum absolute atomic E-state index is 0.0825. The first-order valence-corrected chi connectivity index (χ1v) is 8.32. The monoisotopic (exact) mass is 334 g/mol. The van der Waals surface area contributed by atoms with Crippen LogP contribution in [-0.4, -0.2) is 36.2 Å². The standard InChI is InChI=1S/C20H18N2O3/c1-21-16-10-6-5-9-15(16)20(18(21)24)13-17(23)22(19(20)25)12-11-14-7-3-2-4-8-14/h2-10H,11-13H2,1H3/t20-/m0/s1. The molecule has 1 atom stereocenters. The molecule has 25 heavy (non-hydrogen) atoms. The van der Waals surface area contributed by atoms with Crippen LogP contribution >= 0.6 is 0 Å². The van der Waals surface area contributed by atoms with Crippen molar-refractivity contribution in [1.29, 1.82) is 0 Å². The van der Waals surface area contributed by atoms with E-state index >= 15 is 0 Å². The zero-order chi connectivity index (χ0) is 17.6. The molecule has 2 heterocycles. The highest BCUT2D eigenvalue weighted by Crippen LogP contribution is 2.47. The number of anilines is 1. The van der Waals surface area contributed by atoms with Gasteiger partial charge in [0.1, 0.15) is 0 Å². The molecule has 5 nitrogen and oxygen atoms in total. The molecule has 0 radical (unpaired) electrons. The first-order chi connectivity index (χ1) is 12.1. The highest BCUT2D eigenvalue weighted by Gasteiger charge is 2.62. The number of para-hydroxylation sites is 1. The molecule has 0 saturated carbocycles. The van der Waals surface area contributed by atoms with E-state index in [0.29, 0.717) is 24.2 Å². The molecule has 2 aliphatic heterocycles. The van der Waals surface area contributed by atoms with Crippen LogP contribution in [0.1, 0.15) is 17.5 Å². The van der Waals surface area contributed by atoms with Crippen LogP contribution in [0.4, 0.5) is 5.69 Å². The van der Waals surface area contributed by atoms with Crippen molar-refractivity contribution in [3.05, 3.63) is 65.7 Å². The molecule has 0 aromatic heterocycles. The van der Waals surface area contributed by atoms with E-state index in [4.69, 9.17) is 0 Å². The summed E-state index contributed by atoms with van der Waals surface area (Å²) >= 11 is 0. The average molecular weight is 334 g/mol. The molecule has 0 bridgehead atoms. The van der Waals surface area contributed by atoms with Crippen LogP contribution in [0.5, 0.6) is 0 Å². The van der Waals surface area contributed by atoms with E-state index in [1.165, 1.54) is 9.80 Å². The lowest BCUT2D eigenvalue weighted by Crippen LogP contribution is -2.45. The van der Waals surface area contributed by atoms with Crippen molar-refractivity contribution < 1.29 is 14.4 Å². The van der Waals surface area contributed by atoms with E-state index in [1.807, 2.05) is 42.5 Å². The molecular formula is C20H18N2O3. The van der Waals surface area contributed by atoms with Gasteiger partial charge in [-0.2, -0.15) is 0 Å². The third-order valence-electron chi connectivity index (χ3n) is 5.19. The molecule has 1 saturated heterocycles. The van der Waals surface area contributed by atoms with E-state index in [9.17, 15) is 14.4 Å². The Labute approximate surface area is 145 Å². The van der Waals surface area contributed by atoms with Crippen LogP contribution in [0, 0.1) is 0 Å². The fraction of sp³-hybridized carbons (Fsp3) is 0.250. The van der Waals surface area contributed by atoms with Gasteiger partial charge < -0.3 is 4.90 Å². The minimum Gasteiger partial charge on any atom is -0.314 e. The Morgan fingerprint density at radius 1 is 0.920 bits per heavy atom. The van der Waals surface area contributed by atoms with Crippen LogP contribution in [0.3, 0.4) is 0 Å². The molecule has 4 rings (SSSR count). The van der Waals surface area contributed by atoms with Gasteiger partial charge in [0, 0.05) is 24.8 Å². The quantitative estimate of drug-likeness (QED) is 0.636. The molecule has 5 heteroatoms. The number of hydrogen-bond donors (Lipinski definition) is 0. The molecule has 126 valence electrons. The van der Waals surface area contributed by atoms with Crippen LogP contribution in [0.15, 0.2) is 54.6 Å². The first kappa shape index (κ1) is 15.6. The summed E-state index contributed by atoms with van der Waals surface area (Å²) in [6, 6.07) is 16.9. The smallest absolute Gasteiger partial charge is 0.250 e. The summed E-state index contributed by atoms with van der Waals surface area (Å²) in [5.41, 5.74) is 1.03. The van der Waals surface area contributed by atoms with Gasteiger partial charge in [-0.1, -0.05) is 48.5 Å². The topological polar surface area (TPSA) is 57.7 Å². The van der Waals surface area contributed by atoms with E-state index in [1.54, 1.807) is 19.2 Å². The summed E-state index contributed by atoms with van der Waals surface area (Å²) in [4.78, 5) is 41.3. The molecule has 0 aliphatic carbocycles. The number of likely N-dealkylation sites (tertiary alicyclic amines) is 1. The van der Waals surface area contributed by atoms with Crippen molar-refractivity contribution in [2.24, 2.45) is 0 Å². The Kier molecular flexibility index (Phi) is 3.46. The second-order valence-corrected chi connectivity index (χ2v) is 6.55. The van der Waals surface area contributed by atoms with Crippen LogP contribution in [0.2, 0.25) is 0 Å². The van der Waals surface area contributed by atoms with Crippen molar-refractivity contribution >= 4 is 23.4 Å². The predicted octanol–water partition coefficient (Wildman–Crippen LogP) is 1.90. The van der Waals surface area contributed by atoms with E-state index in [-0.39, 0.29) is 18.2 Å². The van der Waals surface area contributed by atoms with Crippen molar-refractivity contribution in [2.75, 3.05) is 18.5 Å². The van der Waals surface area contributed by atoms with Gasteiger partial charge >= 0.3 is 0 Å². The second-order valence-electron chi connectivity index (χ2n) is 6.55. The van der Waals surface area contributed by atoms with Crippen LogP contribution in [0.25, 0.3) is 0 Å². The largest absolute Gasteiger partial charge is 0.314 e. The Morgan fingerprint density at radius 2 is 1.60 bits per heavy atom. The zero-order valence-electron chi connectivity index (χ0n) is 13.9. The Hall–Kier alpha value is -2.95. The van der Waals surface area contributed by atoms with Crippen molar-refractivity contribution in [3.63, 3.8) is 0 Å². The lowest BCUT2D eigenvalue weighted by molar-refractivity contribution is -0.141. The number of rotatable bonds is 3. The Balaban J connectivity index is 1.66. The first-order valence-electron chi connectivity index (χ1n) is 8.32. The number of amides is 3. The van der Waals surface area contributed by atoms with E-state index < -0.39 is 11.3 Å². The highest BCUT2D eigenvalue weighted by molar-refractivity contribution is 6.28. The van der Waals surface area contributed by atoms with Crippen molar-refractivity contribution in [3.8, 4) is 0 Å². The Bertz CT molecular complexity index is 878. The third kappa shape index (κ3) is 2.12. The van der Waals surface area contributed by atoms with Gasteiger partial charge in [-0.3, -0.25) is 19.3 Å². The SMILES string of the molecule is CN1C(=O)[C@]2(CC(=O)N(CCc3ccccc3)C2=O)c2ccccc21. The molecule has 2 aliphatic rings. The Morgan fingerprint density at radius 3 is 2.36 bits per heavy atom. The highest BCUT2D eigenvalue weighted by atomic mass is 16.2. The van der Waals surface area contributed by atoms with Crippen LogP contribution < -0.4 is 4.90 Å². The molecule has 3 amide bonds. The van der Waals surface area contributed by atoms with Gasteiger partial charge in [-0.25, -0.2) is 0 Å². The zero-order valence-corrected chi connectivity index (χ0v) is 13.9. The molecule has 1 spiro atoms. The summed E-state index contributed by atoms with van der Waals surface area (Å²) in [6.45, 7) is 0.294. The van der Waals surface area contributed by atoms with Gasteiger partial charge in [0.25, 0.3) is 0 Å². The van der Waals surface area contributed by atoms with Crippen molar-refractivity contribution in [1.82, 2.24) is 4.90 Å². The normalized spacial score (nSPS) is 22.2. The van der Waals surface area contributed by atoms with Crippen molar-refractivity contribution in [2.45, 2.75) is 18.3 Å². The van der Waals surface area contributed by atoms with E-state index in [0.717, 1.165) is 5.56 Å². The van der Waals surface area contributed by atoms with Gasteiger partial charge in [0.15, 0.2) is 5.41 Å². The molecule has 0 N–H and O–H groups in total. The maximum atomic E-state index is 13.1. The lowest BCUT2D eigenvalue weighted by atomic mass is 9.80. The lowest BCUT2D eigenvalue weighted by Gasteiger charge is -2.21. The molecule has 0 unspecified atom stereocenters. The van der Waals surface area contributed by atoms with Gasteiger partial charge in [0.05, 0.1) is 6.42 Å². The fourth-order valence-electron chi connectivity index (χ4n) is 3.87. The molecule has 1 fully saturated rings. The fourth-order valence-corrected chi connectivity index (χ4v) is 3.87. The number of hydrogen-bond acceptors (Lipinski definition) is 3. The summed E-state index contributed by atoms with van der Waals surface area (Å²) in [7, 11) is 1.65. The number of nitrogens with zero attached hydrogens (tertiary/aromatic N) is 2. The number of benzene rings is 2. The van der Waals surface area contributed by atoms with Gasteiger partial charge in [0.2, 0.25) is 17.7 Å². The van der Waals surface area contributed by atoms with Gasteiger partial charge in [-0.15, -0.1) is 0 Å². The maximum Gasteiger partial charge on any atom is 0.250 e. The summed E-state index contributed by atoms with van der Waals surface area (Å²) in [5, 5.41) is 0. The number of fused-ring (bicyclic) bond motifs is 2. The second kappa shape index (κ2) is 5.55. The average Bonchev–Trinajstić information content (AvgIpc) is 3.02. The van der Waals surface area contributed by atoms with E-state index in [2.05, 4.69) is 0 Å². The minimum atomic E-state index is -1.38. The summed E-state index contributed by atoms with van der Waals surface area (Å²) in [5.74, 6) is -0.983. The number of likely N-dealkylation sites (N-methyl/N-ethyl adjacent to an activating group) is 1. The number of imide groups is 1. The molecule has 2 aromatic rings. The number of carbonyl (C=O) groups is 3. The van der Waals surface area contributed by atoms with Gasteiger partial charge in [-0.05, 0) is 18.1 Å². The maximum absolute atomic E-state index is 13.1. The summed E-state index contributed by atoms with van der Waals surface area (Å²) in [6.07, 6.45) is 0.501. The number of carbonyl (C=O) groups excluding carboxylic acids is 3. The molecule has 2 aromatic carbocycles. The third-order valence-corrected chi connectivity index (χ3v) is 5.19. The summed E-state index contributed by atoms with van der Waals surface area (Å²) < 4.78 is 0. The molecular weight excluding hydrogens is 316 g/mol.